The Hall–Kier alpha value is -2.58. The number of ether oxygens (including phenoxy) is 1. The predicted octanol–water partition coefficient (Wildman–Crippen LogP) is 3.43. The fourth-order valence-corrected chi connectivity index (χ4v) is 2.30. The summed E-state index contributed by atoms with van der Waals surface area (Å²) in [5, 5.41) is 9.72. The Morgan fingerprint density at radius 1 is 1.50 bits per heavy atom. The molecule has 6 heteroatoms. The summed E-state index contributed by atoms with van der Waals surface area (Å²) in [7, 11) is 1.51. The van der Waals surface area contributed by atoms with E-state index in [1.165, 1.54) is 13.2 Å². The quantitative estimate of drug-likeness (QED) is 0.696. The lowest BCUT2D eigenvalue weighted by atomic mass is 10.1. The molecule has 0 saturated heterocycles. The van der Waals surface area contributed by atoms with Crippen LogP contribution >= 0.6 is 11.6 Å². The van der Waals surface area contributed by atoms with Crippen molar-refractivity contribution in [1.29, 1.82) is 5.26 Å². The summed E-state index contributed by atoms with van der Waals surface area (Å²) in [6.07, 6.45) is 1.60. The summed E-state index contributed by atoms with van der Waals surface area (Å²) in [4.78, 5) is 19.5. The van der Waals surface area contributed by atoms with Crippen LogP contribution in [0.15, 0.2) is 39.8 Å². The molecule has 5 nitrogen and oxygen atoms in total. The number of nitriles is 1. The Morgan fingerprint density at radius 2 is 2.23 bits per heavy atom. The second-order valence-corrected chi connectivity index (χ2v) is 4.91. The van der Waals surface area contributed by atoms with E-state index in [0.29, 0.717) is 33.1 Å². The molecule has 0 fully saturated rings. The number of methoxy groups -OCH3 is 1. The van der Waals surface area contributed by atoms with E-state index in [4.69, 9.17) is 21.6 Å². The van der Waals surface area contributed by atoms with Crippen molar-refractivity contribution in [3.05, 3.63) is 50.9 Å². The highest BCUT2D eigenvalue weighted by molar-refractivity contribution is 6.36. The summed E-state index contributed by atoms with van der Waals surface area (Å²) in [6.45, 7) is 3.44. The fourth-order valence-electron chi connectivity index (χ4n) is 2.01. The van der Waals surface area contributed by atoms with Crippen LogP contribution in [0.2, 0.25) is 5.02 Å². The van der Waals surface area contributed by atoms with Crippen molar-refractivity contribution in [3.8, 4) is 11.8 Å². The highest BCUT2D eigenvalue weighted by Gasteiger charge is 2.11. The zero-order chi connectivity index (χ0) is 16.3. The molecule has 2 aromatic rings. The van der Waals surface area contributed by atoms with E-state index < -0.39 is 0 Å². The van der Waals surface area contributed by atoms with Gasteiger partial charge in [0.1, 0.15) is 22.5 Å². The Labute approximate surface area is 132 Å². The number of halogens is 1. The van der Waals surface area contributed by atoms with Gasteiger partial charge in [0.15, 0.2) is 5.43 Å². The van der Waals surface area contributed by atoms with Crippen LogP contribution in [-0.4, -0.2) is 17.8 Å². The first kappa shape index (κ1) is 15.8. The number of benzene rings is 1. The van der Waals surface area contributed by atoms with E-state index in [1.807, 2.05) is 6.07 Å². The third-order valence-electron chi connectivity index (χ3n) is 3.19. The monoisotopic (exact) mass is 315 g/mol. The highest BCUT2D eigenvalue weighted by atomic mass is 35.5. The molecule has 1 N–H and O–H groups in total. The van der Waals surface area contributed by atoms with Gasteiger partial charge in [-0.05, 0) is 26.0 Å². The molecule has 0 saturated carbocycles. The summed E-state index contributed by atoms with van der Waals surface area (Å²) in [5.41, 5.74) is 1.60. The number of pyridine rings is 1. The molecule has 1 aromatic heterocycles. The molecule has 0 radical (unpaired) electrons. The van der Waals surface area contributed by atoms with Crippen LogP contribution in [0, 0.1) is 11.3 Å². The minimum Gasteiger partial charge on any atom is -0.495 e. The van der Waals surface area contributed by atoms with Gasteiger partial charge in [0.2, 0.25) is 0 Å². The third-order valence-corrected chi connectivity index (χ3v) is 3.57. The Morgan fingerprint density at radius 3 is 2.82 bits per heavy atom. The number of fused-ring (bicyclic) bond motifs is 1. The maximum Gasteiger partial charge on any atom is 0.190 e. The van der Waals surface area contributed by atoms with E-state index in [1.54, 1.807) is 32.1 Å². The number of aliphatic imine (C=N–C) groups is 1. The van der Waals surface area contributed by atoms with E-state index in [-0.39, 0.29) is 11.1 Å². The van der Waals surface area contributed by atoms with Crippen molar-refractivity contribution in [2.75, 3.05) is 7.11 Å². The van der Waals surface area contributed by atoms with Crippen molar-refractivity contribution in [1.82, 2.24) is 4.98 Å². The fraction of sp³-hybridized carbons (Fsp3) is 0.188. The van der Waals surface area contributed by atoms with Gasteiger partial charge in [0.25, 0.3) is 0 Å². The largest absolute Gasteiger partial charge is 0.495 e. The van der Waals surface area contributed by atoms with Gasteiger partial charge in [-0.2, -0.15) is 5.26 Å². The van der Waals surface area contributed by atoms with Crippen molar-refractivity contribution in [3.63, 3.8) is 0 Å². The van der Waals surface area contributed by atoms with Gasteiger partial charge in [-0.25, -0.2) is 4.99 Å². The van der Waals surface area contributed by atoms with E-state index in [2.05, 4.69) is 9.98 Å². The minimum absolute atomic E-state index is 0.179. The van der Waals surface area contributed by atoms with Gasteiger partial charge in [-0.1, -0.05) is 17.7 Å². The normalized spacial score (nSPS) is 12.3. The van der Waals surface area contributed by atoms with Crippen LogP contribution in [0.4, 0.5) is 0 Å². The first-order valence-corrected chi connectivity index (χ1v) is 6.91. The first-order valence-electron chi connectivity index (χ1n) is 6.53. The molecule has 0 atom stereocenters. The van der Waals surface area contributed by atoms with Crippen molar-refractivity contribution in [2.45, 2.75) is 13.8 Å². The number of H-pyrrole nitrogens is 1. The molecule has 0 aliphatic rings. The summed E-state index contributed by atoms with van der Waals surface area (Å²) >= 11 is 6.25. The molecular formula is C16H14ClN3O2. The zero-order valence-corrected chi connectivity index (χ0v) is 13.2. The number of nitrogens with one attached hydrogen (secondary N) is 1. The lowest BCUT2D eigenvalue weighted by molar-refractivity contribution is 0.415. The molecule has 2 rings (SSSR count). The number of rotatable bonds is 3. The van der Waals surface area contributed by atoms with Gasteiger partial charge in [-0.3, -0.25) is 4.79 Å². The Balaban J connectivity index is 2.70. The van der Waals surface area contributed by atoms with Crippen LogP contribution in [-0.2, 0) is 0 Å². The molecule has 112 valence electrons. The van der Waals surface area contributed by atoms with Gasteiger partial charge < -0.3 is 9.72 Å². The maximum absolute atomic E-state index is 12.2. The maximum atomic E-state index is 12.2. The zero-order valence-electron chi connectivity index (χ0n) is 12.4. The second kappa shape index (κ2) is 6.46. The van der Waals surface area contributed by atoms with E-state index >= 15 is 0 Å². The number of allylic oxidation sites excluding steroid dienone is 2. The molecule has 0 unspecified atom stereocenters. The van der Waals surface area contributed by atoms with Gasteiger partial charge in [0, 0.05) is 11.5 Å². The standard InChI is InChI=1S/C16H14ClN3O2/c1-4-10(8-18)19-9(2)12-7-13(21)11-5-6-14(22-3)15(17)16(11)20-12/h4-7H,1-3H3,(H,20,21)/b10-4-,19-9?. The SMILES string of the molecule is C/C=C(/C#N)N=C(C)c1cc(=O)c2ccc(OC)c(Cl)c2[nH]1. The third kappa shape index (κ3) is 2.87. The van der Waals surface area contributed by atoms with E-state index in [9.17, 15) is 4.79 Å². The first-order chi connectivity index (χ1) is 10.5. The average molecular weight is 316 g/mol. The average Bonchev–Trinajstić information content (AvgIpc) is 2.53. The highest BCUT2D eigenvalue weighted by Crippen LogP contribution is 2.30. The van der Waals surface area contributed by atoms with Crippen LogP contribution in [0.1, 0.15) is 19.5 Å². The van der Waals surface area contributed by atoms with Crippen molar-refractivity contribution >= 4 is 28.2 Å². The van der Waals surface area contributed by atoms with Gasteiger partial charge in [0.05, 0.1) is 24.0 Å². The molecule has 22 heavy (non-hydrogen) atoms. The van der Waals surface area contributed by atoms with Gasteiger partial charge >= 0.3 is 0 Å². The minimum atomic E-state index is -0.179. The van der Waals surface area contributed by atoms with Crippen LogP contribution in [0.5, 0.6) is 5.75 Å². The number of aromatic nitrogens is 1. The van der Waals surface area contributed by atoms with Crippen LogP contribution < -0.4 is 10.2 Å². The summed E-state index contributed by atoms with van der Waals surface area (Å²) in [5.74, 6) is 0.475. The van der Waals surface area contributed by atoms with Gasteiger partial charge in [-0.15, -0.1) is 0 Å². The Bertz CT molecular complexity index is 889. The topological polar surface area (TPSA) is 78.2 Å². The number of aromatic amines is 1. The Kier molecular flexibility index (Phi) is 4.64. The molecule has 1 aromatic carbocycles. The van der Waals surface area contributed by atoms with Crippen LogP contribution in [0.25, 0.3) is 10.9 Å². The molecular weight excluding hydrogens is 302 g/mol. The lowest BCUT2D eigenvalue weighted by Gasteiger charge is -2.08. The summed E-state index contributed by atoms with van der Waals surface area (Å²) < 4.78 is 5.16. The van der Waals surface area contributed by atoms with E-state index in [0.717, 1.165) is 0 Å². The predicted molar refractivity (Wildman–Crippen MR) is 87.7 cm³/mol. The number of hydrogen-bond donors (Lipinski definition) is 1. The molecule has 0 bridgehead atoms. The molecule has 0 aliphatic heterocycles. The van der Waals surface area contributed by atoms with Crippen molar-refractivity contribution < 1.29 is 4.74 Å². The number of nitrogens with zero attached hydrogens (tertiary/aromatic N) is 2. The molecule has 0 spiro atoms. The number of hydrogen-bond acceptors (Lipinski definition) is 4. The van der Waals surface area contributed by atoms with Crippen LogP contribution in [0.3, 0.4) is 0 Å². The smallest absolute Gasteiger partial charge is 0.190 e. The summed E-state index contributed by atoms with van der Waals surface area (Å²) in [6, 6.07) is 6.71. The molecule has 0 aliphatic carbocycles. The molecule has 1 heterocycles. The molecule has 0 amide bonds. The van der Waals surface area contributed by atoms with Crippen molar-refractivity contribution in [2.24, 2.45) is 4.99 Å². The lowest BCUT2D eigenvalue weighted by Crippen LogP contribution is -2.09. The second-order valence-electron chi connectivity index (χ2n) is 4.53.